The Hall–Kier alpha value is -1.12. The molecule has 3 nitrogen and oxygen atoms in total. The minimum Gasteiger partial charge on any atom is -0.463 e. The molecular formula is C9H12O3. The lowest BCUT2D eigenvalue weighted by molar-refractivity contribution is -0.139. The van der Waals surface area contributed by atoms with E-state index in [1.54, 1.807) is 6.92 Å². The third-order valence-corrected chi connectivity index (χ3v) is 1.74. The summed E-state index contributed by atoms with van der Waals surface area (Å²) in [7, 11) is 0. The van der Waals surface area contributed by atoms with Gasteiger partial charge in [0.25, 0.3) is 0 Å². The normalized spacial score (nSPS) is 17.1. The van der Waals surface area contributed by atoms with E-state index in [0.717, 1.165) is 6.42 Å². The SMILES string of the molecule is CCOC(=O)C1=CC(=O)CCC1. The summed E-state index contributed by atoms with van der Waals surface area (Å²) in [5, 5.41) is 0. The number of hydrogen-bond acceptors (Lipinski definition) is 3. The second-order valence-electron chi connectivity index (χ2n) is 2.71. The smallest absolute Gasteiger partial charge is 0.334 e. The summed E-state index contributed by atoms with van der Waals surface area (Å²) in [5.41, 5.74) is 0.521. The Morgan fingerprint density at radius 1 is 1.58 bits per heavy atom. The molecule has 0 saturated heterocycles. The first-order chi connectivity index (χ1) is 5.74. The molecule has 66 valence electrons. The van der Waals surface area contributed by atoms with Crippen LogP contribution in [0, 0.1) is 0 Å². The third kappa shape index (κ3) is 2.19. The summed E-state index contributed by atoms with van der Waals surface area (Å²) in [6, 6.07) is 0. The molecule has 0 spiro atoms. The van der Waals surface area contributed by atoms with Gasteiger partial charge >= 0.3 is 5.97 Å². The maximum Gasteiger partial charge on any atom is 0.334 e. The van der Waals surface area contributed by atoms with Crippen LogP contribution in [0.2, 0.25) is 0 Å². The molecule has 0 radical (unpaired) electrons. The van der Waals surface area contributed by atoms with Crippen molar-refractivity contribution < 1.29 is 14.3 Å². The van der Waals surface area contributed by atoms with Gasteiger partial charge < -0.3 is 4.74 Å². The summed E-state index contributed by atoms with van der Waals surface area (Å²) in [6.07, 6.45) is 3.40. The second-order valence-corrected chi connectivity index (χ2v) is 2.71. The van der Waals surface area contributed by atoms with Gasteiger partial charge in [-0.2, -0.15) is 0 Å². The number of allylic oxidation sites excluding steroid dienone is 1. The Morgan fingerprint density at radius 2 is 2.33 bits per heavy atom. The van der Waals surface area contributed by atoms with Crippen LogP contribution in [0.5, 0.6) is 0 Å². The van der Waals surface area contributed by atoms with Gasteiger partial charge in [0.15, 0.2) is 5.78 Å². The van der Waals surface area contributed by atoms with Crippen LogP contribution in [-0.4, -0.2) is 18.4 Å². The molecule has 0 atom stereocenters. The van der Waals surface area contributed by atoms with E-state index in [4.69, 9.17) is 4.74 Å². The number of carbonyl (C=O) groups excluding carboxylic acids is 2. The van der Waals surface area contributed by atoms with E-state index in [1.165, 1.54) is 6.08 Å². The lowest BCUT2D eigenvalue weighted by Gasteiger charge is -2.09. The topological polar surface area (TPSA) is 43.4 Å². The van der Waals surface area contributed by atoms with Crippen molar-refractivity contribution in [1.82, 2.24) is 0 Å². The average Bonchev–Trinajstić information content (AvgIpc) is 2.05. The molecule has 0 aromatic carbocycles. The Labute approximate surface area is 71.4 Å². The van der Waals surface area contributed by atoms with Crippen LogP contribution in [0.1, 0.15) is 26.2 Å². The molecule has 12 heavy (non-hydrogen) atoms. The fourth-order valence-electron chi connectivity index (χ4n) is 1.18. The molecule has 1 aliphatic rings. The van der Waals surface area contributed by atoms with Gasteiger partial charge in [0, 0.05) is 12.0 Å². The first-order valence-electron chi connectivity index (χ1n) is 4.14. The zero-order valence-corrected chi connectivity index (χ0v) is 7.13. The molecule has 1 aliphatic carbocycles. The average molecular weight is 168 g/mol. The fraction of sp³-hybridized carbons (Fsp3) is 0.556. The third-order valence-electron chi connectivity index (χ3n) is 1.74. The molecule has 0 amide bonds. The van der Waals surface area contributed by atoms with Crippen molar-refractivity contribution in [3.8, 4) is 0 Å². The van der Waals surface area contributed by atoms with E-state index < -0.39 is 0 Å². The molecule has 0 N–H and O–H groups in total. The number of ether oxygens (including phenoxy) is 1. The first-order valence-corrected chi connectivity index (χ1v) is 4.14. The summed E-state index contributed by atoms with van der Waals surface area (Å²) in [4.78, 5) is 22.0. The van der Waals surface area contributed by atoms with Crippen molar-refractivity contribution in [2.75, 3.05) is 6.61 Å². The highest BCUT2D eigenvalue weighted by molar-refractivity contribution is 6.00. The number of hydrogen-bond donors (Lipinski definition) is 0. The van der Waals surface area contributed by atoms with E-state index >= 15 is 0 Å². The zero-order chi connectivity index (χ0) is 8.97. The highest BCUT2D eigenvalue weighted by Gasteiger charge is 2.16. The minimum atomic E-state index is -0.342. The lowest BCUT2D eigenvalue weighted by atomic mass is 9.99. The van der Waals surface area contributed by atoms with Crippen molar-refractivity contribution in [2.45, 2.75) is 26.2 Å². The van der Waals surface area contributed by atoms with E-state index in [9.17, 15) is 9.59 Å². The highest BCUT2D eigenvalue weighted by Crippen LogP contribution is 2.15. The van der Waals surface area contributed by atoms with Crippen molar-refractivity contribution in [2.24, 2.45) is 0 Å². The molecule has 0 saturated carbocycles. The molecule has 0 aromatic heterocycles. The van der Waals surface area contributed by atoms with E-state index in [-0.39, 0.29) is 11.8 Å². The van der Waals surface area contributed by atoms with Gasteiger partial charge in [-0.15, -0.1) is 0 Å². The Morgan fingerprint density at radius 3 is 2.92 bits per heavy atom. The van der Waals surface area contributed by atoms with Crippen LogP contribution in [0.3, 0.4) is 0 Å². The predicted molar refractivity (Wildman–Crippen MR) is 43.6 cm³/mol. The zero-order valence-electron chi connectivity index (χ0n) is 7.13. The van der Waals surface area contributed by atoms with Crippen LogP contribution >= 0.6 is 0 Å². The maximum atomic E-state index is 11.1. The van der Waals surface area contributed by atoms with Crippen molar-refractivity contribution in [3.63, 3.8) is 0 Å². The first kappa shape index (κ1) is 8.97. The van der Waals surface area contributed by atoms with Gasteiger partial charge in [-0.05, 0) is 25.8 Å². The Bertz CT molecular complexity index is 228. The number of esters is 1. The monoisotopic (exact) mass is 168 g/mol. The molecular weight excluding hydrogens is 156 g/mol. The molecule has 0 heterocycles. The van der Waals surface area contributed by atoms with Gasteiger partial charge in [-0.1, -0.05) is 0 Å². The molecule has 0 bridgehead atoms. The van der Waals surface area contributed by atoms with Crippen LogP contribution in [0.25, 0.3) is 0 Å². The van der Waals surface area contributed by atoms with Gasteiger partial charge in [-0.25, -0.2) is 4.79 Å². The standard InChI is InChI=1S/C9H12O3/c1-2-12-9(11)7-4-3-5-8(10)6-7/h6H,2-5H2,1H3. The van der Waals surface area contributed by atoms with Gasteiger partial charge in [-0.3, -0.25) is 4.79 Å². The minimum absolute atomic E-state index is 0.0318. The summed E-state index contributed by atoms with van der Waals surface area (Å²) in [6.45, 7) is 2.12. The molecule has 1 rings (SSSR count). The predicted octanol–water partition coefficient (Wildman–Crippen LogP) is 1.23. The van der Waals surface area contributed by atoms with Crippen LogP contribution in [-0.2, 0) is 14.3 Å². The number of rotatable bonds is 2. The van der Waals surface area contributed by atoms with E-state index in [1.807, 2.05) is 0 Å². The number of ketones is 1. The highest BCUT2D eigenvalue weighted by atomic mass is 16.5. The van der Waals surface area contributed by atoms with Gasteiger partial charge in [0.1, 0.15) is 0 Å². The van der Waals surface area contributed by atoms with Crippen LogP contribution < -0.4 is 0 Å². The quantitative estimate of drug-likeness (QED) is 0.582. The van der Waals surface area contributed by atoms with Crippen molar-refractivity contribution in [3.05, 3.63) is 11.6 Å². The number of carbonyl (C=O) groups is 2. The fourth-order valence-corrected chi connectivity index (χ4v) is 1.18. The van der Waals surface area contributed by atoms with Gasteiger partial charge in [0.05, 0.1) is 6.61 Å². The van der Waals surface area contributed by atoms with E-state index in [0.29, 0.717) is 25.0 Å². The molecule has 0 aromatic rings. The summed E-state index contributed by atoms with van der Waals surface area (Å²) in [5.74, 6) is -0.310. The molecule has 3 heteroatoms. The van der Waals surface area contributed by atoms with Crippen molar-refractivity contribution >= 4 is 11.8 Å². The van der Waals surface area contributed by atoms with Gasteiger partial charge in [0.2, 0.25) is 0 Å². The Balaban J connectivity index is 2.61. The van der Waals surface area contributed by atoms with Crippen molar-refractivity contribution in [1.29, 1.82) is 0 Å². The summed E-state index contributed by atoms with van der Waals surface area (Å²) >= 11 is 0. The summed E-state index contributed by atoms with van der Waals surface area (Å²) < 4.78 is 4.77. The molecule has 0 unspecified atom stereocenters. The lowest BCUT2D eigenvalue weighted by Crippen LogP contribution is -2.13. The molecule has 0 aliphatic heterocycles. The Kier molecular flexibility index (Phi) is 3.02. The molecule has 0 fully saturated rings. The van der Waals surface area contributed by atoms with Crippen LogP contribution in [0.4, 0.5) is 0 Å². The second kappa shape index (κ2) is 4.04. The van der Waals surface area contributed by atoms with Crippen LogP contribution in [0.15, 0.2) is 11.6 Å². The maximum absolute atomic E-state index is 11.1. The van der Waals surface area contributed by atoms with E-state index in [2.05, 4.69) is 0 Å². The largest absolute Gasteiger partial charge is 0.463 e.